The van der Waals surface area contributed by atoms with Gasteiger partial charge in [-0.3, -0.25) is 4.90 Å². The molecule has 4 atom stereocenters. The fraction of sp³-hybridized carbons (Fsp3) is 0.615. The summed E-state index contributed by atoms with van der Waals surface area (Å²) in [6, 6.07) is 4.27. The summed E-state index contributed by atoms with van der Waals surface area (Å²) in [5.41, 5.74) is 1.51. The summed E-state index contributed by atoms with van der Waals surface area (Å²) in [6.07, 6.45) is 1.77. The molecule has 0 amide bonds. The highest BCUT2D eigenvalue weighted by molar-refractivity contribution is 6.39. The second kappa shape index (κ2) is 11.7. The van der Waals surface area contributed by atoms with E-state index < -0.39 is 18.3 Å². The number of aliphatic hydroxyl groups is 1. The van der Waals surface area contributed by atoms with Crippen molar-refractivity contribution in [1.29, 1.82) is 0 Å². The highest BCUT2D eigenvalue weighted by Crippen LogP contribution is 2.39. The van der Waals surface area contributed by atoms with Crippen molar-refractivity contribution in [3.8, 4) is 5.88 Å². The molecular formula is C26H33Cl3N6O4. The van der Waals surface area contributed by atoms with Crippen LogP contribution in [0, 0.1) is 0 Å². The average Bonchev–Trinajstić information content (AvgIpc) is 3.49. The first kappa shape index (κ1) is 27.5. The first-order chi connectivity index (χ1) is 18.9. The minimum Gasteiger partial charge on any atom is -0.468 e. The van der Waals surface area contributed by atoms with Gasteiger partial charge in [-0.2, -0.15) is 4.98 Å². The minimum absolute atomic E-state index is 0.199. The van der Waals surface area contributed by atoms with Crippen LogP contribution in [0.1, 0.15) is 12.8 Å². The second-order valence-corrected chi connectivity index (χ2v) is 11.9. The van der Waals surface area contributed by atoms with Gasteiger partial charge in [0.1, 0.15) is 23.3 Å². The molecule has 0 unspecified atom stereocenters. The fourth-order valence-corrected chi connectivity index (χ4v) is 6.76. The molecule has 10 nitrogen and oxygen atoms in total. The zero-order valence-corrected chi connectivity index (χ0v) is 24.0. The van der Waals surface area contributed by atoms with E-state index in [0.717, 1.165) is 57.8 Å². The number of aromatic nitrogens is 2. The number of halogens is 3. The molecule has 4 saturated heterocycles. The number of piperidine rings is 1. The topological polar surface area (TPSA) is 95.5 Å². The van der Waals surface area contributed by atoms with Crippen LogP contribution in [0.3, 0.4) is 0 Å². The third-order valence-electron chi connectivity index (χ3n) is 8.06. The summed E-state index contributed by atoms with van der Waals surface area (Å²) < 4.78 is 17.3. The normalized spacial score (nSPS) is 28.6. The Morgan fingerprint density at radius 2 is 1.64 bits per heavy atom. The van der Waals surface area contributed by atoms with Crippen LogP contribution in [0.15, 0.2) is 18.3 Å². The van der Waals surface area contributed by atoms with Crippen LogP contribution in [0.2, 0.25) is 15.1 Å². The van der Waals surface area contributed by atoms with Crippen molar-refractivity contribution < 1.29 is 19.3 Å². The lowest BCUT2D eigenvalue weighted by molar-refractivity contribution is 0.00782. The standard InChI is InChI=1S/C26H33Cl3N6O4/c1-33-6-8-34(9-7-33)16-2-4-35(5-3-16)22-17(27)10-15(11-18(22)28)31-26-30-12-19(29)25(32-26)39-21-14-38-23-20(36)13-37-24(21)23/h10-12,16,20-21,23-24,36H,2-9,13-14H2,1H3,(H,30,31,32)/t20-,21-,23-,24-/m1/s1. The molecule has 0 bridgehead atoms. The molecule has 13 heteroatoms. The Morgan fingerprint density at radius 3 is 2.36 bits per heavy atom. The van der Waals surface area contributed by atoms with Crippen LogP contribution in [-0.2, 0) is 9.47 Å². The number of piperazine rings is 1. The van der Waals surface area contributed by atoms with E-state index in [2.05, 4.69) is 37.0 Å². The number of rotatable bonds is 6. The van der Waals surface area contributed by atoms with Crippen molar-refractivity contribution in [1.82, 2.24) is 19.8 Å². The van der Waals surface area contributed by atoms with Crippen LogP contribution < -0.4 is 15.0 Å². The van der Waals surface area contributed by atoms with Crippen LogP contribution in [0.4, 0.5) is 17.3 Å². The van der Waals surface area contributed by atoms with Crippen LogP contribution in [-0.4, -0.2) is 115 Å². The van der Waals surface area contributed by atoms with Gasteiger partial charge in [0.05, 0.1) is 35.1 Å². The SMILES string of the molecule is CN1CCN(C2CCN(c3c(Cl)cc(Nc4ncc(Cl)c(O[C@@H]5CO[C@H]6[C@@H]5OC[C@H]6O)n4)cc3Cl)CC2)CC1. The average molecular weight is 600 g/mol. The Balaban J connectivity index is 1.10. The maximum atomic E-state index is 9.97. The zero-order valence-electron chi connectivity index (χ0n) is 21.7. The summed E-state index contributed by atoms with van der Waals surface area (Å²) >= 11 is 19.8. The molecule has 2 aromatic rings. The van der Waals surface area contributed by atoms with Gasteiger partial charge >= 0.3 is 0 Å². The number of nitrogens with zero attached hydrogens (tertiary/aromatic N) is 5. The minimum atomic E-state index is -0.664. The lowest BCUT2D eigenvalue weighted by Gasteiger charge is -2.43. The molecule has 0 saturated carbocycles. The van der Waals surface area contributed by atoms with Gasteiger partial charge in [-0.1, -0.05) is 34.8 Å². The summed E-state index contributed by atoms with van der Waals surface area (Å²) in [5, 5.41) is 14.5. The predicted octanol–water partition coefficient (Wildman–Crippen LogP) is 3.30. The molecule has 2 N–H and O–H groups in total. The zero-order chi connectivity index (χ0) is 27.1. The van der Waals surface area contributed by atoms with E-state index in [4.69, 9.17) is 49.0 Å². The Bertz CT molecular complexity index is 1160. The molecule has 6 rings (SSSR count). The van der Waals surface area contributed by atoms with Gasteiger partial charge in [0.25, 0.3) is 0 Å². The van der Waals surface area contributed by atoms with Gasteiger partial charge in [-0.15, -0.1) is 0 Å². The summed E-state index contributed by atoms with van der Waals surface area (Å²) in [7, 11) is 2.19. The van der Waals surface area contributed by atoms with Gasteiger partial charge in [0, 0.05) is 51.0 Å². The first-order valence-electron chi connectivity index (χ1n) is 13.4. The molecule has 212 valence electrons. The van der Waals surface area contributed by atoms with Crippen molar-refractivity contribution in [2.75, 3.05) is 69.7 Å². The molecule has 5 heterocycles. The fourth-order valence-electron chi connectivity index (χ4n) is 5.89. The lowest BCUT2D eigenvalue weighted by atomic mass is 10.0. The molecular weight excluding hydrogens is 567 g/mol. The van der Waals surface area contributed by atoms with Crippen molar-refractivity contribution in [2.24, 2.45) is 0 Å². The number of benzene rings is 1. The maximum Gasteiger partial charge on any atom is 0.237 e. The second-order valence-electron chi connectivity index (χ2n) is 10.6. The molecule has 4 aliphatic rings. The molecule has 0 radical (unpaired) electrons. The Kier molecular flexibility index (Phi) is 8.26. The number of hydrogen-bond donors (Lipinski definition) is 2. The van der Waals surface area contributed by atoms with E-state index in [9.17, 15) is 5.11 Å². The third kappa shape index (κ3) is 5.90. The highest BCUT2D eigenvalue weighted by Gasteiger charge is 2.48. The van der Waals surface area contributed by atoms with E-state index in [1.807, 2.05) is 12.1 Å². The van der Waals surface area contributed by atoms with Gasteiger partial charge < -0.3 is 34.4 Å². The number of likely N-dealkylation sites (N-methyl/N-ethyl adjacent to an activating group) is 1. The summed E-state index contributed by atoms with van der Waals surface area (Å²) in [6.45, 7) is 6.84. The van der Waals surface area contributed by atoms with Crippen LogP contribution in [0.5, 0.6) is 5.88 Å². The van der Waals surface area contributed by atoms with Gasteiger partial charge in [-0.05, 0) is 32.0 Å². The number of anilines is 3. The molecule has 0 spiro atoms. The number of nitrogens with one attached hydrogen (secondary N) is 1. The van der Waals surface area contributed by atoms with Gasteiger partial charge in [0.15, 0.2) is 6.10 Å². The number of aliphatic hydroxyl groups excluding tert-OH is 1. The Hall–Kier alpha value is -1.63. The predicted molar refractivity (Wildman–Crippen MR) is 151 cm³/mol. The van der Waals surface area contributed by atoms with E-state index in [0.29, 0.717) is 21.8 Å². The Labute approximate surface area is 243 Å². The smallest absolute Gasteiger partial charge is 0.237 e. The molecule has 0 aliphatic carbocycles. The Morgan fingerprint density at radius 1 is 0.949 bits per heavy atom. The maximum absolute atomic E-state index is 9.97. The third-order valence-corrected chi connectivity index (χ3v) is 8.90. The van der Waals surface area contributed by atoms with Gasteiger partial charge in [0.2, 0.25) is 11.8 Å². The molecule has 1 aromatic heterocycles. The van der Waals surface area contributed by atoms with Crippen molar-refractivity contribution in [3.63, 3.8) is 0 Å². The van der Waals surface area contributed by atoms with Crippen molar-refractivity contribution in [2.45, 2.75) is 43.3 Å². The van der Waals surface area contributed by atoms with Crippen molar-refractivity contribution in [3.05, 3.63) is 33.4 Å². The number of hydrogen-bond acceptors (Lipinski definition) is 10. The first-order valence-corrected chi connectivity index (χ1v) is 14.5. The van der Waals surface area contributed by atoms with E-state index in [1.54, 1.807) is 0 Å². The molecule has 4 aliphatic heterocycles. The molecule has 39 heavy (non-hydrogen) atoms. The van der Waals surface area contributed by atoms with E-state index in [-0.39, 0.29) is 36.2 Å². The number of ether oxygens (including phenoxy) is 3. The summed E-state index contributed by atoms with van der Waals surface area (Å²) in [5.74, 6) is 0.482. The van der Waals surface area contributed by atoms with Gasteiger partial charge in [-0.25, -0.2) is 4.98 Å². The molecule has 4 fully saturated rings. The quantitative estimate of drug-likeness (QED) is 0.515. The van der Waals surface area contributed by atoms with E-state index >= 15 is 0 Å². The number of fused-ring (bicyclic) bond motifs is 1. The van der Waals surface area contributed by atoms with Crippen molar-refractivity contribution >= 4 is 52.1 Å². The molecule has 1 aromatic carbocycles. The van der Waals surface area contributed by atoms with Crippen LogP contribution >= 0.6 is 34.8 Å². The summed E-state index contributed by atoms with van der Waals surface area (Å²) in [4.78, 5) is 16.0. The largest absolute Gasteiger partial charge is 0.468 e. The van der Waals surface area contributed by atoms with E-state index in [1.165, 1.54) is 6.20 Å². The lowest BCUT2D eigenvalue weighted by Crippen LogP contribution is -2.52. The van der Waals surface area contributed by atoms with Crippen LogP contribution in [0.25, 0.3) is 0 Å². The highest BCUT2D eigenvalue weighted by atomic mass is 35.5. The monoisotopic (exact) mass is 598 g/mol.